The molecule has 0 bridgehead atoms. The first-order valence-corrected chi connectivity index (χ1v) is 17.4. The molecule has 3 rings (SSSR count). The third-order valence-corrected chi connectivity index (χ3v) is 8.73. The molecule has 1 aromatic rings. The summed E-state index contributed by atoms with van der Waals surface area (Å²) in [4.78, 5) is 97.2. The molecule has 2 aliphatic rings. The first-order valence-electron chi connectivity index (χ1n) is 16.4. The van der Waals surface area contributed by atoms with Crippen molar-refractivity contribution in [3.05, 3.63) is 29.3 Å². The second-order valence-electron chi connectivity index (χ2n) is 12.0. The summed E-state index contributed by atoms with van der Waals surface area (Å²) in [5.74, 6) is -6.06. The van der Waals surface area contributed by atoms with Crippen molar-refractivity contribution in [2.24, 2.45) is 0 Å². The van der Waals surface area contributed by atoms with Gasteiger partial charge in [-0.3, -0.25) is 38.4 Å². The molecule has 0 amide bonds. The number of phenols is 1. The lowest BCUT2D eigenvalue weighted by Gasteiger charge is -2.48. The molecular weight excluding hydrogens is 744 g/mol. The van der Waals surface area contributed by atoms with Crippen LogP contribution in [-0.4, -0.2) is 127 Å². The van der Waals surface area contributed by atoms with Crippen molar-refractivity contribution in [2.75, 3.05) is 13.2 Å². The van der Waals surface area contributed by atoms with E-state index >= 15 is 0 Å². The molecule has 0 spiro atoms. The van der Waals surface area contributed by atoms with E-state index in [9.17, 15) is 43.5 Å². The van der Waals surface area contributed by atoms with Gasteiger partial charge in [-0.1, -0.05) is 6.07 Å². The van der Waals surface area contributed by atoms with E-state index in [0.29, 0.717) is 11.8 Å². The normalized spacial score (nSPS) is 27.7. The number of hydrogen-bond donors (Lipinski definition) is 1. The molecule has 2 fully saturated rings. The smallest absolute Gasteiger partial charge is 0.303 e. The number of aromatic hydroxyl groups is 1. The van der Waals surface area contributed by atoms with Crippen LogP contribution in [0, 0.1) is 0 Å². The van der Waals surface area contributed by atoms with Crippen molar-refractivity contribution in [3.63, 3.8) is 0 Å². The number of esters is 7. The fourth-order valence-electron chi connectivity index (χ4n) is 5.57. The van der Waals surface area contributed by atoms with Gasteiger partial charge in [0.25, 0.3) is 0 Å². The zero-order valence-electron chi connectivity index (χ0n) is 30.4. The zero-order chi connectivity index (χ0) is 40.3. The van der Waals surface area contributed by atoms with Crippen molar-refractivity contribution in [1.29, 1.82) is 0 Å². The number of rotatable bonds is 15. The molecule has 0 radical (unpaired) electrons. The monoisotopic (exact) mass is 786 g/mol. The van der Waals surface area contributed by atoms with Gasteiger partial charge in [0.2, 0.25) is 0 Å². The highest BCUT2D eigenvalue weighted by Gasteiger charge is 2.57. The van der Waals surface area contributed by atoms with Crippen LogP contribution in [0.2, 0.25) is 0 Å². The van der Waals surface area contributed by atoms with Crippen molar-refractivity contribution < 1.29 is 90.8 Å². The van der Waals surface area contributed by atoms with Crippen LogP contribution in [0.4, 0.5) is 0 Å². The van der Waals surface area contributed by atoms with Crippen LogP contribution >= 0.6 is 11.8 Å². The molecule has 20 heteroatoms. The maximum atomic E-state index is 12.6. The molecule has 0 saturated carbocycles. The number of phenolic OH excluding ortho intramolecular Hbond substituents is 1. The third-order valence-electron chi connectivity index (χ3n) is 7.52. The van der Waals surface area contributed by atoms with Gasteiger partial charge in [-0.2, -0.15) is 0 Å². The SMILES string of the molecule is CC(=O)OC[C@H]1O[C@@H](O[C@H]2[C@H](OC(C)=O)[C@@H](OC(C)=O)[C@H](SCc3ccc(O)c(C=O)c3)O[C@@H]2COC(C)=O)[C@H](OC(C)=O)[C@@H](OC(C)=O)[C@H]1OC(C)=O. The molecule has 0 unspecified atom stereocenters. The molecule has 2 aliphatic heterocycles. The van der Waals surface area contributed by atoms with E-state index in [-0.39, 0.29) is 17.1 Å². The first-order chi connectivity index (χ1) is 25.4. The Morgan fingerprint density at radius 1 is 0.630 bits per heavy atom. The van der Waals surface area contributed by atoms with Gasteiger partial charge in [-0.05, 0) is 17.7 Å². The minimum absolute atomic E-state index is 0.0120. The van der Waals surface area contributed by atoms with Gasteiger partial charge in [-0.25, -0.2) is 0 Å². The number of aldehydes is 1. The highest BCUT2D eigenvalue weighted by Crippen LogP contribution is 2.38. The number of carbonyl (C=O) groups excluding carboxylic acids is 8. The van der Waals surface area contributed by atoms with E-state index in [1.807, 2.05) is 0 Å². The van der Waals surface area contributed by atoms with Crippen LogP contribution in [0.1, 0.15) is 64.4 Å². The molecule has 1 N–H and O–H groups in total. The van der Waals surface area contributed by atoms with Crippen LogP contribution in [0.5, 0.6) is 5.75 Å². The van der Waals surface area contributed by atoms with E-state index in [1.165, 1.54) is 18.2 Å². The van der Waals surface area contributed by atoms with Gasteiger partial charge >= 0.3 is 41.8 Å². The average Bonchev–Trinajstić information content (AvgIpc) is 3.06. The Kier molecular flexibility index (Phi) is 16.2. The van der Waals surface area contributed by atoms with Gasteiger partial charge < -0.3 is 52.5 Å². The average molecular weight is 787 g/mol. The minimum atomic E-state index is -1.81. The number of benzene rings is 1. The fourth-order valence-corrected chi connectivity index (χ4v) is 6.73. The number of ether oxygens (including phenoxy) is 10. The summed E-state index contributed by atoms with van der Waals surface area (Å²) in [6.45, 7) is 6.34. The highest BCUT2D eigenvalue weighted by atomic mass is 32.2. The third kappa shape index (κ3) is 12.7. The molecule has 2 saturated heterocycles. The quantitative estimate of drug-likeness (QED) is 0.148. The van der Waals surface area contributed by atoms with E-state index in [4.69, 9.17) is 47.4 Å². The second kappa shape index (κ2) is 20.0. The van der Waals surface area contributed by atoms with Gasteiger partial charge in [0, 0.05) is 54.2 Å². The topological polar surface area (TPSA) is 249 Å². The summed E-state index contributed by atoms with van der Waals surface area (Å²) in [6, 6.07) is 4.28. The van der Waals surface area contributed by atoms with Crippen LogP contribution in [-0.2, 0) is 86.7 Å². The Balaban J connectivity index is 2.14. The van der Waals surface area contributed by atoms with E-state index in [0.717, 1.165) is 60.2 Å². The lowest BCUT2D eigenvalue weighted by atomic mass is 9.96. The zero-order valence-corrected chi connectivity index (χ0v) is 31.2. The Bertz CT molecular complexity index is 1560. The Morgan fingerprint density at radius 3 is 1.59 bits per heavy atom. The van der Waals surface area contributed by atoms with E-state index < -0.39 is 116 Å². The molecule has 0 aromatic heterocycles. The summed E-state index contributed by atoms with van der Waals surface area (Å²) < 4.78 is 56.7. The number of hydrogen-bond acceptors (Lipinski definition) is 20. The fraction of sp³-hybridized carbons (Fsp3) is 0.588. The van der Waals surface area contributed by atoms with Gasteiger partial charge in [0.1, 0.15) is 42.7 Å². The molecule has 10 atom stereocenters. The number of carbonyl (C=O) groups is 8. The summed E-state index contributed by atoms with van der Waals surface area (Å²) in [5.41, 5.74) is -0.609. The van der Waals surface area contributed by atoms with Gasteiger partial charge in [0.15, 0.2) is 43.1 Å². The Hall–Kier alpha value is -4.79. The molecular formula is C34H42O19S. The number of thioether (sulfide) groups is 1. The van der Waals surface area contributed by atoms with Crippen LogP contribution in [0.3, 0.4) is 0 Å². The summed E-state index contributed by atoms with van der Waals surface area (Å²) in [6.07, 6.45) is -13.6. The highest BCUT2D eigenvalue weighted by molar-refractivity contribution is 7.99. The summed E-state index contributed by atoms with van der Waals surface area (Å²) in [5, 5.41) is 9.93. The minimum Gasteiger partial charge on any atom is -0.507 e. The standard InChI is InChI=1S/C34H42O19S/c1-15(36)44-12-25-27(46-17(3)38)29(47-18(4)39)31(49-20(6)41)33(51-25)53-28-26(13-45-16(2)37)52-34(32(50-21(7)42)30(28)48-19(5)40)54-14-22-8-9-24(43)23(10-22)11-35/h8-11,25-34,43H,12-14H2,1-7H3/t25-,26-,27+,28-,29+,30+,31-,32-,33+,34+/m1/s1. The largest absolute Gasteiger partial charge is 0.507 e. The second-order valence-corrected chi connectivity index (χ2v) is 13.1. The van der Waals surface area contributed by atoms with Crippen molar-refractivity contribution >= 4 is 59.8 Å². The lowest BCUT2D eigenvalue weighted by molar-refractivity contribution is -0.341. The van der Waals surface area contributed by atoms with Gasteiger partial charge in [0.05, 0.1) is 5.56 Å². The molecule has 1 aromatic carbocycles. The van der Waals surface area contributed by atoms with E-state index in [1.54, 1.807) is 0 Å². The van der Waals surface area contributed by atoms with Gasteiger partial charge in [-0.15, -0.1) is 11.8 Å². The van der Waals surface area contributed by atoms with Crippen molar-refractivity contribution in [1.82, 2.24) is 0 Å². The lowest BCUT2D eigenvalue weighted by Crippen LogP contribution is -2.66. The Morgan fingerprint density at radius 2 is 1.09 bits per heavy atom. The molecule has 54 heavy (non-hydrogen) atoms. The van der Waals surface area contributed by atoms with Crippen molar-refractivity contribution in [3.8, 4) is 5.75 Å². The van der Waals surface area contributed by atoms with Crippen LogP contribution in [0.25, 0.3) is 0 Å². The van der Waals surface area contributed by atoms with Crippen LogP contribution in [0.15, 0.2) is 18.2 Å². The van der Waals surface area contributed by atoms with E-state index in [2.05, 4.69) is 0 Å². The molecule has 2 heterocycles. The summed E-state index contributed by atoms with van der Waals surface area (Å²) in [7, 11) is 0. The first kappa shape index (κ1) is 43.6. The predicted octanol–water partition coefficient (Wildman–Crippen LogP) is 1.06. The predicted molar refractivity (Wildman–Crippen MR) is 178 cm³/mol. The maximum Gasteiger partial charge on any atom is 0.303 e. The molecule has 19 nitrogen and oxygen atoms in total. The maximum absolute atomic E-state index is 12.6. The summed E-state index contributed by atoms with van der Waals surface area (Å²) >= 11 is 1.04. The van der Waals surface area contributed by atoms with Crippen molar-refractivity contribution in [2.45, 2.75) is 115 Å². The Labute approximate surface area is 313 Å². The molecule has 298 valence electrons. The molecule has 0 aliphatic carbocycles. The van der Waals surface area contributed by atoms with Crippen LogP contribution < -0.4 is 0 Å².